The second-order valence-electron chi connectivity index (χ2n) is 4.38. The highest BCUT2D eigenvalue weighted by Gasteiger charge is 2.23. The van der Waals surface area contributed by atoms with Gasteiger partial charge in [0.05, 0.1) is 0 Å². The van der Waals surface area contributed by atoms with Crippen LogP contribution < -0.4 is 11.1 Å². The maximum absolute atomic E-state index is 6.17. The van der Waals surface area contributed by atoms with Crippen LogP contribution in [-0.4, -0.2) is 6.04 Å². The van der Waals surface area contributed by atoms with E-state index in [-0.39, 0.29) is 6.04 Å². The Kier molecular flexibility index (Phi) is 2.23. The number of hydrogen-bond acceptors (Lipinski definition) is 2. The average Bonchev–Trinajstić information content (AvgIpc) is 2.10. The summed E-state index contributed by atoms with van der Waals surface area (Å²) < 4.78 is 0. The van der Waals surface area contributed by atoms with E-state index in [1.165, 1.54) is 22.4 Å². The molecule has 76 valence electrons. The van der Waals surface area contributed by atoms with Gasteiger partial charge in [0.1, 0.15) is 0 Å². The summed E-state index contributed by atoms with van der Waals surface area (Å²) in [6.45, 7) is 6.45. The summed E-state index contributed by atoms with van der Waals surface area (Å²) in [5, 5.41) is 3.52. The first-order chi connectivity index (χ1) is 6.59. The third kappa shape index (κ3) is 1.40. The van der Waals surface area contributed by atoms with Crippen molar-refractivity contribution < 1.29 is 0 Å². The Morgan fingerprint density at radius 1 is 1.29 bits per heavy atom. The predicted octanol–water partition coefficient (Wildman–Crippen LogP) is 2.51. The third-order valence-electron chi connectivity index (χ3n) is 3.04. The second-order valence-corrected chi connectivity index (χ2v) is 4.38. The average molecular weight is 190 g/mol. The summed E-state index contributed by atoms with van der Waals surface area (Å²) in [4.78, 5) is 0. The minimum absolute atomic E-state index is 0.196. The Morgan fingerprint density at radius 3 is 2.64 bits per heavy atom. The topological polar surface area (TPSA) is 38.0 Å². The van der Waals surface area contributed by atoms with Gasteiger partial charge in [0.2, 0.25) is 0 Å². The van der Waals surface area contributed by atoms with E-state index in [1.807, 2.05) is 0 Å². The van der Waals surface area contributed by atoms with Gasteiger partial charge in [-0.2, -0.15) is 0 Å². The van der Waals surface area contributed by atoms with E-state index in [9.17, 15) is 0 Å². The first-order valence-corrected chi connectivity index (χ1v) is 5.22. The molecule has 0 saturated carbocycles. The summed E-state index contributed by atoms with van der Waals surface area (Å²) in [6, 6.07) is 5.00. The van der Waals surface area contributed by atoms with Gasteiger partial charge < -0.3 is 11.1 Å². The summed E-state index contributed by atoms with van der Waals surface area (Å²) in [5.41, 5.74) is 11.3. The van der Waals surface area contributed by atoms with Crippen molar-refractivity contribution in [3.05, 3.63) is 28.8 Å². The molecule has 0 aliphatic carbocycles. The van der Waals surface area contributed by atoms with Crippen LogP contribution in [0.4, 0.5) is 5.69 Å². The molecular formula is C12H18N2. The lowest BCUT2D eigenvalue weighted by molar-refractivity contribution is 0.567. The molecule has 0 saturated heterocycles. The van der Waals surface area contributed by atoms with Crippen LogP contribution in [0.2, 0.25) is 0 Å². The Morgan fingerprint density at radius 2 is 1.93 bits per heavy atom. The maximum Gasteiger partial charge on any atom is 0.0423 e. The van der Waals surface area contributed by atoms with Crippen LogP contribution in [0.5, 0.6) is 0 Å². The number of hydrogen-bond donors (Lipinski definition) is 2. The Balaban J connectivity index is 2.57. The molecule has 2 heteroatoms. The molecule has 0 bridgehead atoms. The largest absolute Gasteiger partial charge is 0.382 e. The van der Waals surface area contributed by atoms with Crippen LogP contribution in [0, 0.1) is 13.8 Å². The van der Waals surface area contributed by atoms with Gasteiger partial charge in [-0.3, -0.25) is 0 Å². The lowest BCUT2D eigenvalue weighted by Crippen LogP contribution is -2.30. The Labute approximate surface area is 85.5 Å². The van der Waals surface area contributed by atoms with Crippen LogP contribution in [0.25, 0.3) is 0 Å². The number of nitrogens with two attached hydrogens (primary N) is 1. The summed E-state index contributed by atoms with van der Waals surface area (Å²) in [6.07, 6.45) is 1.03. The summed E-state index contributed by atoms with van der Waals surface area (Å²) >= 11 is 0. The Hall–Kier alpha value is -1.02. The van der Waals surface area contributed by atoms with E-state index in [1.54, 1.807) is 0 Å². The molecule has 2 unspecified atom stereocenters. The van der Waals surface area contributed by atoms with Crippen LogP contribution >= 0.6 is 0 Å². The third-order valence-corrected chi connectivity index (χ3v) is 3.04. The van der Waals surface area contributed by atoms with Gasteiger partial charge in [-0.05, 0) is 43.9 Å². The van der Waals surface area contributed by atoms with Gasteiger partial charge >= 0.3 is 0 Å². The quantitative estimate of drug-likeness (QED) is 0.659. The molecule has 14 heavy (non-hydrogen) atoms. The highest BCUT2D eigenvalue weighted by atomic mass is 14.9. The first-order valence-electron chi connectivity index (χ1n) is 5.22. The smallest absolute Gasteiger partial charge is 0.0423 e. The zero-order chi connectivity index (χ0) is 10.3. The fourth-order valence-electron chi connectivity index (χ4n) is 2.31. The molecule has 1 aliphatic heterocycles. The molecule has 1 aliphatic rings. The minimum Gasteiger partial charge on any atom is -0.382 e. The number of rotatable bonds is 0. The highest BCUT2D eigenvalue weighted by molar-refractivity contribution is 5.63. The summed E-state index contributed by atoms with van der Waals surface area (Å²) in [7, 11) is 0. The zero-order valence-corrected chi connectivity index (χ0v) is 9.09. The van der Waals surface area contributed by atoms with Crippen LogP contribution in [0.15, 0.2) is 12.1 Å². The second kappa shape index (κ2) is 3.28. The molecule has 2 rings (SSSR count). The molecule has 0 spiro atoms. The molecule has 0 radical (unpaired) electrons. The monoisotopic (exact) mass is 190 g/mol. The van der Waals surface area contributed by atoms with Crippen molar-refractivity contribution in [2.24, 2.45) is 5.73 Å². The van der Waals surface area contributed by atoms with Crippen molar-refractivity contribution in [1.29, 1.82) is 0 Å². The fourth-order valence-corrected chi connectivity index (χ4v) is 2.31. The number of nitrogens with one attached hydrogen (secondary N) is 1. The first kappa shape index (κ1) is 9.53. The lowest BCUT2D eigenvalue weighted by atomic mass is 9.89. The van der Waals surface area contributed by atoms with Crippen LogP contribution in [0.1, 0.15) is 36.1 Å². The van der Waals surface area contributed by atoms with E-state index < -0.39 is 0 Å². The van der Waals surface area contributed by atoms with E-state index in [4.69, 9.17) is 5.73 Å². The number of anilines is 1. The van der Waals surface area contributed by atoms with E-state index in [0.717, 1.165) is 6.42 Å². The van der Waals surface area contributed by atoms with Crippen LogP contribution in [0.3, 0.4) is 0 Å². The van der Waals surface area contributed by atoms with Crippen molar-refractivity contribution in [3.63, 3.8) is 0 Å². The molecule has 2 nitrogen and oxygen atoms in total. The van der Waals surface area contributed by atoms with Crippen molar-refractivity contribution in [2.45, 2.75) is 39.3 Å². The molecular weight excluding hydrogens is 172 g/mol. The maximum atomic E-state index is 6.17. The summed E-state index contributed by atoms with van der Waals surface area (Å²) in [5.74, 6) is 0. The lowest BCUT2D eigenvalue weighted by Gasteiger charge is -2.31. The van der Waals surface area contributed by atoms with E-state index in [0.29, 0.717) is 6.04 Å². The van der Waals surface area contributed by atoms with Gasteiger partial charge in [-0.15, -0.1) is 0 Å². The van der Waals surface area contributed by atoms with Crippen LogP contribution in [-0.2, 0) is 0 Å². The number of aryl methyl sites for hydroxylation is 2. The van der Waals surface area contributed by atoms with Gasteiger partial charge in [-0.25, -0.2) is 0 Å². The van der Waals surface area contributed by atoms with Gasteiger partial charge in [0.25, 0.3) is 0 Å². The van der Waals surface area contributed by atoms with Gasteiger partial charge in [0.15, 0.2) is 0 Å². The molecule has 2 atom stereocenters. The molecule has 1 aromatic rings. The number of fused-ring (bicyclic) bond motifs is 1. The van der Waals surface area contributed by atoms with Gasteiger partial charge in [-0.1, -0.05) is 12.1 Å². The van der Waals surface area contributed by atoms with Crippen molar-refractivity contribution >= 4 is 5.69 Å². The van der Waals surface area contributed by atoms with E-state index >= 15 is 0 Å². The zero-order valence-electron chi connectivity index (χ0n) is 9.09. The molecule has 0 aromatic heterocycles. The molecule has 0 fully saturated rings. The normalized spacial score (nSPS) is 25.4. The highest BCUT2D eigenvalue weighted by Crippen LogP contribution is 2.35. The van der Waals surface area contributed by atoms with Crippen molar-refractivity contribution in [3.8, 4) is 0 Å². The molecule has 0 amide bonds. The van der Waals surface area contributed by atoms with E-state index in [2.05, 4.69) is 38.2 Å². The fraction of sp³-hybridized carbons (Fsp3) is 0.500. The standard InChI is InChI=1S/C12H18N2/c1-7-4-5-8(2)12-11(7)10(13)6-9(3)14-12/h4-5,9-10,14H,6,13H2,1-3H3. The van der Waals surface area contributed by atoms with Crippen molar-refractivity contribution in [1.82, 2.24) is 0 Å². The van der Waals surface area contributed by atoms with Gasteiger partial charge in [0, 0.05) is 17.8 Å². The van der Waals surface area contributed by atoms with Crippen molar-refractivity contribution in [2.75, 3.05) is 5.32 Å². The SMILES string of the molecule is Cc1ccc(C)c2c1NC(C)CC2N. The molecule has 1 heterocycles. The Bertz CT molecular complexity index is 358. The minimum atomic E-state index is 0.196. The predicted molar refractivity (Wildman–Crippen MR) is 60.5 cm³/mol. The molecule has 3 N–H and O–H groups in total. The number of benzene rings is 1. The molecule has 1 aromatic carbocycles.